The van der Waals surface area contributed by atoms with E-state index in [9.17, 15) is 15.0 Å². The predicted molar refractivity (Wildman–Crippen MR) is 48.8 cm³/mol. The minimum atomic E-state index is -0.940. The fraction of sp³-hybridized carbons (Fsp3) is 0.900. The first-order valence-electron chi connectivity index (χ1n) is 4.96. The van der Waals surface area contributed by atoms with Crippen LogP contribution in [-0.2, 0) is 9.53 Å². The lowest BCUT2D eigenvalue weighted by Gasteiger charge is -2.42. The second-order valence-electron chi connectivity index (χ2n) is 4.77. The number of aliphatic carboxylic acids is 1. The third-order valence-electron chi connectivity index (χ3n) is 4.33. The van der Waals surface area contributed by atoms with Gasteiger partial charge in [-0.2, -0.15) is 0 Å². The van der Waals surface area contributed by atoms with Crippen molar-refractivity contribution in [2.24, 2.45) is 10.8 Å². The first-order valence-corrected chi connectivity index (χ1v) is 4.96. The Balaban J connectivity index is 2.44. The van der Waals surface area contributed by atoms with Crippen LogP contribution in [0.1, 0.15) is 26.7 Å². The molecule has 0 radical (unpaired) electrons. The van der Waals surface area contributed by atoms with Gasteiger partial charge in [-0.3, -0.25) is 4.79 Å². The fourth-order valence-electron chi connectivity index (χ4n) is 2.88. The van der Waals surface area contributed by atoms with Crippen molar-refractivity contribution in [1.82, 2.24) is 0 Å². The summed E-state index contributed by atoms with van der Waals surface area (Å²) in [4.78, 5) is 11.3. The first kappa shape index (κ1) is 9.93. The monoisotopic (exact) mass is 200 g/mol. The van der Waals surface area contributed by atoms with Gasteiger partial charge in [0, 0.05) is 5.41 Å². The van der Waals surface area contributed by atoms with Crippen LogP contribution in [0.4, 0.5) is 0 Å². The number of hydrogen-bond acceptors (Lipinski definition) is 3. The molecule has 2 bridgehead atoms. The molecule has 4 unspecified atom stereocenters. The molecular weight excluding hydrogens is 184 g/mol. The number of fused-ring (bicyclic) bond motifs is 2. The molecule has 2 fully saturated rings. The molecular formula is C10H16O4. The summed E-state index contributed by atoms with van der Waals surface area (Å²) in [5, 5.41) is 18.7. The first-order chi connectivity index (χ1) is 6.46. The highest BCUT2D eigenvalue weighted by atomic mass is 16.5. The van der Waals surface area contributed by atoms with E-state index < -0.39 is 16.8 Å². The van der Waals surface area contributed by atoms with Crippen molar-refractivity contribution < 1.29 is 19.7 Å². The Morgan fingerprint density at radius 3 is 2.43 bits per heavy atom. The summed E-state index contributed by atoms with van der Waals surface area (Å²) in [6.07, 6.45) is 1.33. The van der Waals surface area contributed by atoms with Crippen molar-refractivity contribution in [2.75, 3.05) is 6.61 Å². The maximum atomic E-state index is 11.3. The van der Waals surface area contributed by atoms with E-state index in [1.165, 1.54) is 0 Å². The van der Waals surface area contributed by atoms with Gasteiger partial charge in [0.05, 0.1) is 18.8 Å². The average Bonchev–Trinajstić information content (AvgIpc) is 2.69. The highest BCUT2D eigenvalue weighted by molar-refractivity contribution is 5.77. The van der Waals surface area contributed by atoms with Crippen LogP contribution in [0, 0.1) is 10.8 Å². The third kappa shape index (κ3) is 0.834. The van der Waals surface area contributed by atoms with E-state index in [2.05, 4.69) is 0 Å². The van der Waals surface area contributed by atoms with Gasteiger partial charge in [-0.15, -0.1) is 0 Å². The van der Waals surface area contributed by atoms with Crippen LogP contribution < -0.4 is 0 Å². The molecule has 0 aromatic carbocycles. The Hall–Kier alpha value is -0.610. The largest absolute Gasteiger partial charge is 0.481 e. The number of aliphatic hydroxyl groups excluding tert-OH is 1. The van der Waals surface area contributed by atoms with Gasteiger partial charge < -0.3 is 14.9 Å². The minimum Gasteiger partial charge on any atom is -0.481 e. The zero-order valence-electron chi connectivity index (χ0n) is 8.49. The Kier molecular flexibility index (Phi) is 1.92. The molecule has 14 heavy (non-hydrogen) atoms. The lowest BCUT2D eigenvalue weighted by molar-refractivity contribution is -0.160. The van der Waals surface area contributed by atoms with Gasteiger partial charge in [0.25, 0.3) is 0 Å². The second kappa shape index (κ2) is 2.70. The Labute approximate surface area is 82.9 Å². The molecule has 2 heterocycles. The van der Waals surface area contributed by atoms with E-state index in [1.54, 1.807) is 6.92 Å². The summed E-state index contributed by atoms with van der Waals surface area (Å²) in [7, 11) is 0. The smallest absolute Gasteiger partial charge is 0.312 e. The summed E-state index contributed by atoms with van der Waals surface area (Å²) < 4.78 is 5.61. The number of ether oxygens (including phenoxy) is 1. The van der Waals surface area contributed by atoms with Crippen molar-refractivity contribution in [2.45, 2.75) is 38.9 Å². The Morgan fingerprint density at radius 1 is 1.43 bits per heavy atom. The average molecular weight is 200 g/mol. The number of carboxylic acids is 1. The third-order valence-corrected chi connectivity index (χ3v) is 4.33. The van der Waals surface area contributed by atoms with Crippen LogP contribution >= 0.6 is 0 Å². The quantitative estimate of drug-likeness (QED) is 0.686. The second-order valence-corrected chi connectivity index (χ2v) is 4.77. The normalized spacial score (nSPS) is 51.1. The molecule has 4 heteroatoms. The summed E-state index contributed by atoms with van der Waals surface area (Å²) >= 11 is 0. The van der Waals surface area contributed by atoms with Crippen LogP contribution in [0.5, 0.6) is 0 Å². The Morgan fingerprint density at radius 2 is 2.00 bits per heavy atom. The van der Waals surface area contributed by atoms with Crippen LogP contribution in [0.15, 0.2) is 0 Å². The molecule has 2 N–H and O–H groups in total. The van der Waals surface area contributed by atoms with Gasteiger partial charge in [0.1, 0.15) is 5.41 Å². The molecule has 2 aliphatic rings. The van der Waals surface area contributed by atoms with Crippen LogP contribution in [-0.4, -0.2) is 35.0 Å². The topological polar surface area (TPSA) is 66.8 Å². The minimum absolute atomic E-state index is 0.0985. The van der Waals surface area contributed by atoms with Gasteiger partial charge in [-0.05, 0) is 19.8 Å². The Bertz CT molecular complexity index is 277. The van der Waals surface area contributed by atoms with E-state index in [4.69, 9.17) is 4.74 Å². The fourth-order valence-corrected chi connectivity index (χ4v) is 2.88. The van der Waals surface area contributed by atoms with Crippen LogP contribution in [0.3, 0.4) is 0 Å². The molecule has 2 saturated heterocycles. The van der Waals surface area contributed by atoms with E-state index in [-0.39, 0.29) is 18.8 Å². The highest BCUT2D eigenvalue weighted by Crippen LogP contribution is 2.59. The molecule has 0 aromatic rings. The van der Waals surface area contributed by atoms with Gasteiger partial charge >= 0.3 is 5.97 Å². The summed E-state index contributed by atoms with van der Waals surface area (Å²) in [5.74, 6) is -0.860. The molecule has 0 saturated carbocycles. The lowest BCUT2D eigenvalue weighted by atomic mass is 9.58. The molecule has 0 amide bonds. The van der Waals surface area contributed by atoms with E-state index >= 15 is 0 Å². The van der Waals surface area contributed by atoms with Gasteiger partial charge in [0.15, 0.2) is 0 Å². The van der Waals surface area contributed by atoms with Crippen molar-refractivity contribution in [3.05, 3.63) is 0 Å². The zero-order chi connectivity index (χ0) is 10.6. The molecule has 80 valence electrons. The SMILES string of the molecule is CC1(CO)C2CCC(O2)C1(C)C(=O)O. The zero-order valence-corrected chi connectivity index (χ0v) is 8.49. The molecule has 0 spiro atoms. The number of carboxylic acid groups (broad SMARTS) is 1. The molecule has 4 atom stereocenters. The number of hydrogen-bond donors (Lipinski definition) is 2. The lowest BCUT2D eigenvalue weighted by Crippen LogP contribution is -2.53. The molecule has 2 aliphatic heterocycles. The van der Waals surface area contributed by atoms with E-state index in [0.29, 0.717) is 0 Å². The molecule has 0 aromatic heterocycles. The summed E-state index contributed by atoms with van der Waals surface area (Å²) in [6.45, 7) is 3.37. The van der Waals surface area contributed by atoms with Gasteiger partial charge in [-0.1, -0.05) is 6.92 Å². The highest BCUT2D eigenvalue weighted by Gasteiger charge is 2.67. The summed E-state index contributed by atoms with van der Waals surface area (Å²) in [5.41, 5.74) is -1.58. The molecule has 2 rings (SSSR count). The van der Waals surface area contributed by atoms with Crippen LogP contribution in [0.2, 0.25) is 0 Å². The molecule has 0 aliphatic carbocycles. The van der Waals surface area contributed by atoms with E-state index in [0.717, 1.165) is 12.8 Å². The number of carbonyl (C=O) groups is 1. The van der Waals surface area contributed by atoms with Crippen molar-refractivity contribution in [1.29, 1.82) is 0 Å². The maximum absolute atomic E-state index is 11.3. The maximum Gasteiger partial charge on any atom is 0.312 e. The standard InChI is InChI=1S/C10H16O4/c1-9(5-11)6-3-4-7(14-6)10(9,2)8(12)13/h6-7,11H,3-5H2,1-2H3,(H,12,13). The molecule has 4 nitrogen and oxygen atoms in total. The van der Waals surface area contributed by atoms with Crippen molar-refractivity contribution in [3.63, 3.8) is 0 Å². The van der Waals surface area contributed by atoms with E-state index in [1.807, 2.05) is 6.92 Å². The number of rotatable bonds is 2. The van der Waals surface area contributed by atoms with Gasteiger partial charge in [0.2, 0.25) is 0 Å². The summed E-state index contributed by atoms with van der Waals surface area (Å²) in [6, 6.07) is 0. The van der Waals surface area contributed by atoms with Gasteiger partial charge in [-0.25, -0.2) is 0 Å². The van der Waals surface area contributed by atoms with Crippen molar-refractivity contribution in [3.8, 4) is 0 Å². The predicted octanol–water partition coefficient (Wildman–Crippen LogP) is 0.637. The van der Waals surface area contributed by atoms with Crippen LogP contribution in [0.25, 0.3) is 0 Å². The number of aliphatic hydroxyl groups is 1. The van der Waals surface area contributed by atoms with Crippen molar-refractivity contribution >= 4 is 5.97 Å².